The summed E-state index contributed by atoms with van der Waals surface area (Å²) in [5.41, 5.74) is 1.27. The van der Waals surface area contributed by atoms with Crippen molar-refractivity contribution in [2.24, 2.45) is 0 Å². The number of phenolic OH excluding ortho intramolecular Hbond substituents is 1. The van der Waals surface area contributed by atoms with Crippen LogP contribution in [0.2, 0.25) is 10.0 Å². The van der Waals surface area contributed by atoms with Gasteiger partial charge in [-0.3, -0.25) is 4.79 Å². The van der Waals surface area contributed by atoms with E-state index in [1.807, 2.05) is 0 Å². The molecule has 3 nitrogen and oxygen atoms in total. The number of carbonyl (C=O) groups excluding carboxylic acids is 1. The third-order valence-corrected chi connectivity index (χ3v) is 2.86. The van der Waals surface area contributed by atoms with Crippen LogP contribution in [0.5, 0.6) is 5.75 Å². The molecule has 2 aromatic rings. The number of rotatable bonds is 3. The molecule has 0 fully saturated rings. The van der Waals surface area contributed by atoms with E-state index in [2.05, 4.69) is 5.32 Å². The lowest BCUT2D eigenvalue weighted by Crippen LogP contribution is -2.14. The summed E-state index contributed by atoms with van der Waals surface area (Å²) in [6.45, 7) is 0. The monoisotopic (exact) mass is 295 g/mol. The predicted octanol–water partition coefficient (Wildman–Crippen LogP) is 3.88. The van der Waals surface area contributed by atoms with Gasteiger partial charge in [-0.05, 0) is 35.9 Å². The highest BCUT2D eigenvalue weighted by molar-refractivity contribution is 6.35. The van der Waals surface area contributed by atoms with Gasteiger partial charge in [0.1, 0.15) is 5.75 Å². The van der Waals surface area contributed by atoms with E-state index in [1.165, 1.54) is 0 Å². The Kier molecular flexibility index (Phi) is 4.30. The van der Waals surface area contributed by atoms with E-state index < -0.39 is 0 Å². The molecule has 0 heterocycles. The van der Waals surface area contributed by atoms with Crippen molar-refractivity contribution in [1.82, 2.24) is 0 Å². The first-order valence-corrected chi connectivity index (χ1v) is 6.32. The summed E-state index contributed by atoms with van der Waals surface area (Å²) in [6.07, 6.45) is 0.165. The van der Waals surface area contributed by atoms with Crippen LogP contribution in [0.15, 0.2) is 42.5 Å². The molecule has 0 saturated carbocycles. The van der Waals surface area contributed by atoms with E-state index in [1.54, 1.807) is 42.5 Å². The topological polar surface area (TPSA) is 49.3 Å². The second-order valence-electron chi connectivity index (χ2n) is 4.05. The van der Waals surface area contributed by atoms with Crippen LogP contribution in [0.4, 0.5) is 5.69 Å². The second kappa shape index (κ2) is 5.95. The molecule has 5 heteroatoms. The van der Waals surface area contributed by atoms with Crippen LogP contribution in [-0.2, 0) is 11.2 Å². The van der Waals surface area contributed by atoms with Crippen LogP contribution in [0, 0.1) is 0 Å². The van der Waals surface area contributed by atoms with Crippen molar-refractivity contribution in [3.8, 4) is 5.75 Å². The average molecular weight is 296 g/mol. The van der Waals surface area contributed by atoms with Crippen LogP contribution < -0.4 is 5.32 Å². The summed E-state index contributed by atoms with van der Waals surface area (Å²) in [5, 5.41) is 12.9. The van der Waals surface area contributed by atoms with E-state index in [0.717, 1.165) is 5.56 Å². The summed E-state index contributed by atoms with van der Waals surface area (Å²) in [7, 11) is 0. The zero-order chi connectivity index (χ0) is 13.8. The summed E-state index contributed by atoms with van der Waals surface area (Å²) in [4.78, 5) is 11.8. The fourth-order valence-corrected chi connectivity index (χ4v) is 2.21. The Morgan fingerprint density at radius 3 is 2.42 bits per heavy atom. The van der Waals surface area contributed by atoms with Gasteiger partial charge in [0.05, 0.1) is 6.42 Å². The van der Waals surface area contributed by atoms with Crippen LogP contribution in [0.25, 0.3) is 0 Å². The molecule has 98 valence electrons. The Balaban J connectivity index is 2.05. The van der Waals surface area contributed by atoms with Crippen molar-refractivity contribution >= 4 is 34.8 Å². The van der Waals surface area contributed by atoms with Crippen molar-refractivity contribution in [2.75, 3.05) is 5.32 Å². The molecule has 19 heavy (non-hydrogen) atoms. The smallest absolute Gasteiger partial charge is 0.228 e. The Labute approximate surface area is 120 Å². The number of nitrogens with one attached hydrogen (secondary N) is 1. The van der Waals surface area contributed by atoms with Crippen LogP contribution in [0.3, 0.4) is 0 Å². The van der Waals surface area contributed by atoms with Crippen molar-refractivity contribution in [3.63, 3.8) is 0 Å². The van der Waals surface area contributed by atoms with Gasteiger partial charge in [0, 0.05) is 15.7 Å². The number of phenols is 1. The maximum Gasteiger partial charge on any atom is 0.228 e. The van der Waals surface area contributed by atoms with Gasteiger partial charge in [0.15, 0.2) is 0 Å². The second-order valence-corrected chi connectivity index (χ2v) is 4.93. The fraction of sp³-hybridized carbons (Fsp3) is 0.0714. The molecule has 0 aliphatic rings. The number of carbonyl (C=O) groups is 1. The number of amides is 1. The van der Waals surface area contributed by atoms with Crippen LogP contribution >= 0.6 is 23.2 Å². The number of benzene rings is 2. The summed E-state index contributed by atoms with van der Waals surface area (Å²) in [6, 6.07) is 11.4. The molecule has 0 bridgehead atoms. The van der Waals surface area contributed by atoms with Gasteiger partial charge in [0.2, 0.25) is 5.91 Å². The Bertz CT molecular complexity index is 594. The number of halogens is 2. The van der Waals surface area contributed by atoms with Gasteiger partial charge >= 0.3 is 0 Å². The molecule has 1 amide bonds. The molecule has 0 unspecified atom stereocenters. The highest BCUT2D eigenvalue weighted by atomic mass is 35.5. The van der Waals surface area contributed by atoms with Gasteiger partial charge < -0.3 is 10.4 Å². The summed E-state index contributed by atoms with van der Waals surface area (Å²) < 4.78 is 0. The van der Waals surface area contributed by atoms with E-state index in [9.17, 15) is 9.90 Å². The highest BCUT2D eigenvalue weighted by Crippen LogP contribution is 2.22. The van der Waals surface area contributed by atoms with Gasteiger partial charge in [-0.25, -0.2) is 0 Å². The van der Waals surface area contributed by atoms with Gasteiger partial charge in [-0.1, -0.05) is 35.3 Å². The first kappa shape index (κ1) is 13.7. The molecule has 0 atom stereocenters. The standard InChI is InChI=1S/C14H11Cl2NO2/c15-10-6-11(16)8-12(7-10)17-14(19)5-9-2-1-3-13(18)4-9/h1-4,6-8,18H,5H2,(H,17,19). The Morgan fingerprint density at radius 1 is 1.11 bits per heavy atom. The molecule has 2 rings (SSSR count). The Hall–Kier alpha value is -1.71. The Morgan fingerprint density at radius 2 is 1.79 bits per heavy atom. The lowest BCUT2D eigenvalue weighted by Gasteiger charge is -2.06. The number of aromatic hydroxyl groups is 1. The predicted molar refractivity (Wildman–Crippen MR) is 76.9 cm³/mol. The maximum absolute atomic E-state index is 11.8. The molecule has 0 spiro atoms. The maximum atomic E-state index is 11.8. The fourth-order valence-electron chi connectivity index (χ4n) is 1.68. The molecular formula is C14H11Cl2NO2. The molecule has 0 radical (unpaired) electrons. The molecule has 2 N–H and O–H groups in total. The largest absolute Gasteiger partial charge is 0.508 e. The third-order valence-electron chi connectivity index (χ3n) is 2.42. The minimum absolute atomic E-state index is 0.135. The van der Waals surface area contributed by atoms with Crippen molar-refractivity contribution in [3.05, 3.63) is 58.1 Å². The molecule has 2 aromatic carbocycles. The summed E-state index contributed by atoms with van der Waals surface area (Å²) in [5.74, 6) is -0.0694. The van der Waals surface area contributed by atoms with E-state index in [0.29, 0.717) is 15.7 Å². The minimum atomic E-state index is -0.205. The highest BCUT2D eigenvalue weighted by Gasteiger charge is 2.06. The summed E-state index contributed by atoms with van der Waals surface area (Å²) >= 11 is 11.7. The van der Waals surface area contributed by atoms with E-state index in [4.69, 9.17) is 23.2 Å². The molecule has 0 aliphatic carbocycles. The quantitative estimate of drug-likeness (QED) is 0.903. The van der Waals surface area contributed by atoms with Crippen molar-refractivity contribution in [1.29, 1.82) is 0 Å². The zero-order valence-electron chi connectivity index (χ0n) is 9.86. The van der Waals surface area contributed by atoms with Crippen LogP contribution in [-0.4, -0.2) is 11.0 Å². The number of hydrogen-bond acceptors (Lipinski definition) is 2. The number of anilines is 1. The lowest BCUT2D eigenvalue weighted by atomic mass is 10.1. The number of hydrogen-bond donors (Lipinski definition) is 2. The molecular weight excluding hydrogens is 285 g/mol. The van der Waals surface area contributed by atoms with Crippen molar-refractivity contribution in [2.45, 2.75) is 6.42 Å². The van der Waals surface area contributed by atoms with Gasteiger partial charge in [-0.15, -0.1) is 0 Å². The van der Waals surface area contributed by atoms with Gasteiger partial charge in [0.25, 0.3) is 0 Å². The first-order chi connectivity index (χ1) is 9.02. The molecule has 0 aromatic heterocycles. The zero-order valence-corrected chi connectivity index (χ0v) is 11.4. The van der Waals surface area contributed by atoms with E-state index >= 15 is 0 Å². The molecule has 0 aliphatic heterocycles. The SMILES string of the molecule is O=C(Cc1cccc(O)c1)Nc1cc(Cl)cc(Cl)c1. The van der Waals surface area contributed by atoms with Gasteiger partial charge in [-0.2, -0.15) is 0 Å². The normalized spacial score (nSPS) is 10.2. The lowest BCUT2D eigenvalue weighted by molar-refractivity contribution is -0.115. The van der Waals surface area contributed by atoms with E-state index in [-0.39, 0.29) is 18.1 Å². The average Bonchev–Trinajstić information content (AvgIpc) is 2.26. The molecule has 0 saturated heterocycles. The van der Waals surface area contributed by atoms with Crippen molar-refractivity contribution < 1.29 is 9.90 Å². The third kappa shape index (κ3) is 4.16. The first-order valence-electron chi connectivity index (χ1n) is 5.57. The minimum Gasteiger partial charge on any atom is -0.508 e. The van der Waals surface area contributed by atoms with Crippen LogP contribution in [0.1, 0.15) is 5.56 Å².